The Morgan fingerprint density at radius 2 is 2.18 bits per heavy atom. The van der Waals surface area contributed by atoms with Crippen LogP contribution in [0.2, 0.25) is 5.02 Å². The van der Waals surface area contributed by atoms with Crippen LogP contribution in [0.1, 0.15) is 43.0 Å². The van der Waals surface area contributed by atoms with E-state index in [1.807, 2.05) is 6.07 Å². The van der Waals surface area contributed by atoms with Crippen molar-refractivity contribution in [1.29, 1.82) is 0 Å². The molecule has 92 valence electrons. The summed E-state index contributed by atoms with van der Waals surface area (Å²) in [4.78, 5) is 12.4. The summed E-state index contributed by atoms with van der Waals surface area (Å²) in [5, 5.41) is 0.658. The fraction of sp³-hybridized carbons (Fsp3) is 0.500. The number of halogens is 2. The van der Waals surface area contributed by atoms with Crippen molar-refractivity contribution in [3.05, 3.63) is 33.3 Å². The van der Waals surface area contributed by atoms with Crippen LogP contribution in [0.25, 0.3) is 0 Å². The summed E-state index contributed by atoms with van der Waals surface area (Å²) < 4.78 is 0.813. The maximum absolute atomic E-state index is 12.4. The van der Waals surface area contributed by atoms with Crippen LogP contribution in [-0.4, -0.2) is 5.78 Å². The second-order valence-corrected chi connectivity index (χ2v) is 6.25. The van der Waals surface area contributed by atoms with E-state index in [2.05, 4.69) is 22.9 Å². The number of ketones is 1. The van der Waals surface area contributed by atoms with Gasteiger partial charge in [0.1, 0.15) is 0 Å². The summed E-state index contributed by atoms with van der Waals surface area (Å²) in [5.74, 6) is 1.13. The molecule has 1 saturated carbocycles. The monoisotopic (exact) mass is 314 g/mol. The van der Waals surface area contributed by atoms with Gasteiger partial charge in [-0.05, 0) is 52.9 Å². The molecule has 0 spiro atoms. The van der Waals surface area contributed by atoms with E-state index in [0.717, 1.165) is 22.9 Å². The third-order valence-electron chi connectivity index (χ3n) is 3.50. The minimum atomic E-state index is 0.191. The van der Waals surface area contributed by atoms with Gasteiger partial charge in [0.2, 0.25) is 0 Å². The van der Waals surface area contributed by atoms with Crippen molar-refractivity contribution in [3.8, 4) is 0 Å². The maximum Gasteiger partial charge on any atom is 0.167 e. The second kappa shape index (κ2) is 5.53. The van der Waals surface area contributed by atoms with Crippen LogP contribution in [0, 0.1) is 11.8 Å². The van der Waals surface area contributed by atoms with E-state index in [0.29, 0.717) is 10.9 Å². The van der Waals surface area contributed by atoms with Crippen molar-refractivity contribution in [3.63, 3.8) is 0 Å². The molecular weight excluding hydrogens is 300 g/mol. The van der Waals surface area contributed by atoms with Crippen molar-refractivity contribution in [2.24, 2.45) is 11.8 Å². The third-order valence-corrected chi connectivity index (χ3v) is 4.39. The number of carbonyl (C=O) groups is 1. The molecule has 1 nitrogen and oxygen atoms in total. The van der Waals surface area contributed by atoms with Crippen LogP contribution in [0.15, 0.2) is 22.7 Å². The van der Waals surface area contributed by atoms with E-state index in [1.165, 1.54) is 12.8 Å². The molecule has 2 atom stereocenters. The molecule has 0 heterocycles. The zero-order chi connectivity index (χ0) is 12.4. The average Bonchev–Trinajstić information content (AvgIpc) is 2.28. The van der Waals surface area contributed by atoms with Crippen molar-refractivity contribution in [2.45, 2.75) is 32.6 Å². The van der Waals surface area contributed by atoms with Crippen LogP contribution < -0.4 is 0 Å². The fourth-order valence-electron chi connectivity index (χ4n) is 2.58. The first kappa shape index (κ1) is 13.1. The molecule has 1 aromatic carbocycles. The normalized spacial score (nSPS) is 24.6. The number of rotatable bonds is 2. The zero-order valence-electron chi connectivity index (χ0n) is 9.88. The van der Waals surface area contributed by atoms with Gasteiger partial charge < -0.3 is 0 Å². The Morgan fingerprint density at radius 1 is 1.41 bits per heavy atom. The van der Waals surface area contributed by atoms with Gasteiger partial charge in [-0.25, -0.2) is 0 Å². The highest BCUT2D eigenvalue weighted by atomic mass is 79.9. The molecule has 1 aliphatic carbocycles. The van der Waals surface area contributed by atoms with E-state index >= 15 is 0 Å². The Kier molecular flexibility index (Phi) is 4.26. The van der Waals surface area contributed by atoms with Gasteiger partial charge >= 0.3 is 0 Å². The largest absolute Gasteiger partial charge is 0.294 e. The lowest BCUT2D eigenvalue weighted by molar-refractivity contribution is 0.0867. The number of benzene rings is 1. The van der Waals surface area contributed by atoms with Crippen LogP contribution in [0.5, 0.6) is 0 Å². The quantitative estimate of drug-likeness (QED) is 0.693. The molecule has 0 aromatic heterocycles. The predicted octanol–water partition coefficient (Wildman–Crippen LogP) is 5.11. The van der Waals surface area contributed by atoms with Crippen molar-refractivity contribution in [2.75, 3.05) is 0 Å². The Morgan fingerprint density at radius 3 is 2.82 bits per heavy atom. The summed E-state index contributed by atoms with van der Waals surface area (Å²) >= 11 is 9.31. The number of Topliss-reactive ketones (excluding diaryl/α,β-unsaturated/α-hetero) is 1. The SMILES string of the molecule is CC1CCCC(C(=O)c2ccc(Cl)cc2Br)C1. The standard InChI is InChI=1S/C14H16BrClO/c1-9-3-2-4-10(7-9)14(17)12-6-5-11(16)8-13(12)15/h5-6,8-10H,2-4,7H2,1H3. The minimum Gasteiger partial charge on any atom is -0.294 e. The Labute approximate surface area is 116 Å². The molecule has 3 heteroatoms. The molecule has 0 radical (unpaired) electrons. The summed E-state index contributed by atoms with van der Waals surface area (Å²) in [6.45, 7) is 2.23. The molecule has 2 rings (SSSR count). The van der Waals surface area contributed by atoms with E-state index in [4.69, 9.17) is 11.6 Å². The first-order chi connectivity index (χ1) is 8.08. The van der Waals surface area contributed by atoms with E-state index < -0.39 is 0 Å². The van der Waals surface area contributed by atoms with E-state index in [1.54, 1.807) is 12.1 Å². The molecule has 1 aromatic rings. The van der Waals surface area contributed by atoms with Gasteiger partial charge in [0.25, 0.3) is 0 Å². The summed E-state index contributed by atoms with van der Waals surface area (Å²) in [5.41, 5.74) is 0.772. The molecule has 0 amide bonds. The Bertz CT molecular complexity index is 430. The molecular formula is C14H16BrClO. The number of carbonyl (C=O) groups excluding carboxylic acids is 1. The Hall–Kier alpha value is -0.340. The highest BCUT2D eigenvalue weighted by molar-refractivity contribution is 9.10. The Balaban J connectivity index is 2.18. The molecule has 0 N–H and O–H groups in total. The topological polar surface area (TPSA) is 17.1 Å². The van der Waals surface area contributed by atoms with Gasteiger partial charge in [0.05, 0.1) is 0 Å². The lowest BCUT2D eigenvalue weighted by Gasteiger charge is -2.25. The van der Waals surface area contributed by atoms with Gasteiger partial charge in [-0.15, -0.1) is 0 Å². The van der Waals surface area contributed by atoms with E-state index in [9.17, 15) is 4.79 Å². The van der Waals surface area contributed by atoms with Gasteiger partial charge in [0.15, 0.2) is 5.78 Å². The van der Waals surface area contributed by atoms with Gasteiger partial charge in [-0.1, -0.05) is 31.4 Å². The summed E-state index contributed by atoms with van der Waals surface area (Å²) in [7, 11) is 0. The first-order valence-electron chi connectivity index (χ1n) is 6.07. The molecule has 1 fully saturated rings. The molecule has 1 aliphatic rings. The van der Waals surface area contributed by atoms with Gasteiger partial charge in [0, 0.05) is 21.0 Å². The molecule has 0 bridgehead atoms. The van der Waals surface area contributed by atoms with Crippen LogP contribution in [-0.2, 0) is 0 Å². The lowest BCUT2D eigenvalue weighted by Crippen LogP contribution is -2.22. The third kappa shape index (κ3) is 3.11. The van der Waals surface area contributed by atoms with Gasteiger partial charge in [-0.3, -0.25) is 4.79 Å². The average molecular weight is 316 g/mol. The van der Waals surface area contributed by atoms with Crippen molar-refractivity contribution in [1.82, 2.24) is 0 Å². The minimum absolute atomic E-state index is 0.191. The lowest BCUT2D eigenvalue weighted by atomic mass is 9.79. The number of hydrogen-bond acceptors (Lipinski definition) is 1. The molecule has 17 heavy (non-hydrogen) atoms. The first-order valence-corrected chi connectivity index (χ1v) is 7.24. The fourth-order valence-corrected chi connectivity index (χ4v) is 3.46. The smallest absolute Gasteiger partial charge is 0.167 e. The van der Waals surface area contributed by atoms with Gasteiger partial charge in [-0.2, -0.15) is 0 Å². The maximum atomic E-state index is 12.4. The van der Waals surface area contributed by atoms with Crippen molar-refractivity contribution < 1.29 is 4.79 Å². The van der Waals surface area contributed by atoms with Crippen LogP contribution >= 0.6 is 27.5 Å². The molecule has 2 unspecified atom stereocenters. The molecule has 0 saturated heterocycles. The second-order valence-electron chi connectivity index (χ2n) is 4.96. The van der Waals surface area contributed by atoms with Crippen molar-refractivity contribution >= 4 is 33.3 Å². The van der Waals surface area contributed by atoms with Crippen LogP contribution in [0.3, 0.4) is 0 Å². The van der Waals surface area contributed by atoms with Crippen LogP contribution in [0.4, 0.5) is 0 Å². The highest BCUT2D eigenvalue weighted by Crippen LogP contribution is 2.33. The predicted molar refractivity (Wildman–Crippen MR) is 74.6 cm³/mol. The van der Waals surface area contributed by atoms with E-state index in [-0.39, 0.29) is 11.7 Å². The number of hydrogen-bond donors (Lipinski definition) is 0. The highest BCUT2D eigenvalue weighted by Gasteiger charge is 2.26. The summed E-state index contributed by atoms with van der Waals surface area (Å²) in [6, 6.07) is 5.40. The summed E-state index contributed by atoms with van der Waals surface area (Å²) in [6.07, 6.45) is 4.47. The zero-order valence-corrected chi connectivity index (χ0v) is 12.2. The molecule has 0 aliphatic heterocycles.